The zero-order valence-corrected chi connectivity index (χ0v) is 22.6. The van der Waals surface area contributed by atoms with Crippen molar-refractivity contribution in [2.45, 2.75) is 52.4 Å². The van der Waals surface area contributed by atoms with Gasteiger partial charge < -0.3 is 9.80 Å². The number of rotatable bonds is 9. The van der Waals surface area contributed by atoms with Crippen LogP contribution in [0, 0.1) is 5.92 Å². The molecule has 4 aromatic rings. The SMILES string of the molecule is CCCC[C@@H](CC)C(=O)N1CCCN(c2nc(Cc3ccccc3)nc3c2cnn3-c2ccccc2)CC1. The summed E-state index contributed by atoms with van der Waals surface area (Å²) in [6.07, 6.45) is 7.59. The molecule has 38 heavy (non-hydrogen) atoms. The first kappa shape index (κ1) is 25.9. The third-order valence-electron chi connectivity index (χ3n) is 7.52. The Morgan fingerprint density at radius 1 is 0.921 bits per heavy atom. The van der Waals surface area contributed by atoms with Crippen molar-refractivity contribution in [3.63, 3.8) is 0 Å². The lowest BCUT2D eigenvalue weighted by molar-refractivity contribution is -0.135. The maximum absolute atomic E-state index is 13.3. The average Bonchev–Trinajstić information content (AvgIpc) is 3.22. The van der Waals surface area contributed by atoms with Crippen LogP contribution in [-0.4, -0.2) is 56.7 Å². The molecule has 198 valence electrons. The zero-order chi connectivity index (χ0) is 26.3. The first-order chi connectivity index (χ1) is 18.7. The Morgan fingerprint density at radius 3 is 2.42 bits per heavy atom. The number of benzene rings is 2. The van der Waals surface area contributed by atoms with Crippen LogP contribution < -0.4 is 4.90 Å². The number of anilines is 1. The number of unbranched alkanes of at least 4 members (excludes halogenated alkanes) is 1. The van der Waals surface area contributed by atoms with Crippen molar-refractivity contribution in [2.24, 2.45) is 5.92 Å². The monoisotopic (exact) mass is 510 g/mol. The Balaban J connectivity index is 1.46. The van der Waals surface area contributed by atoms with Crippen LogP contribution in [-0.2, 0) is 11.2 Å². The Morgan fingerprint density at radius 2 is 1.68 bits per heavy atom. The van der Waals surface area contributed by atoms with Gasteiger partial charge in [0.2, 0.25) is 5.91 Å². The molecule has 0 unspecified atom stereocenters. The number of carbonyl (C=O) groups is 1. The molecule has 2 aromatic carbocycles. The summed E-state index contributed by atoms with van der Waals surface area (Å²) in [6.45, 7) is 7.44. The molecule has 0 saturated carbocycles. The molecule has 1 aliphatic heterocycles. The summed E-state index contributed by atoms with van der Waals surface area (Å²) in [5.41, 5.74) is 2.96. The van der Waals surface area contributed by atoms with Gasteiger partial charge in [0, 0.05) is 38.5 Å². The maximum atomic E-state index is 13.3. The lowest BCUT2D eigenvalue weighted by atomic mass is 9.97. The molecule has 7 heteroatoms. The molecule has 0 radical (unpaired) electrons. The van der Waals surface area contributed by atoms with Crippen molar-refractivity contribution < 1.29 is 4.79 Å². The molecule has 1 atom stereocenters. The molecule has 1 fully saturated rings. The van der Waals surface area contributed by atoms with Crippen molar-refractivity contribution in [1.82, 2.24) is 24.6 Å². The topological polar surface area (TPSA) is 67.2 Å². The molecule has 0 spiro atoms. The highest BCUT2D eigenvalue weighted by Gasteiger charge is 2.26. The van der Waals surface area contributed by atoms with E-state index in [4.69, 9.17) is 15.1 Å². The Labute approximate surface area is 225 Å². The summed E-state index contributed by atoms with van der Waals surface area (Å²) in [4.78, 5) is 27.8. The van der Waals surface area contributed by atoms with Crippen molar-refractivity contribution in [1.29, 1.82) is 0 Å². The fraction of sp³-hybridized carbons (Fsp3) is 0.419. The summed E-state index contributed by atoms with van der Waals surface area (Å²) in [5.74, 6) is 2.14. The van der Waals surface area contributed by atoms with E-state index in [2.05, 4.69) is 35.8 Å². The van der Waals surface area contributed by atoms with E-state index in [9.17, 15) is 4.79 Å². The molecule has 3 heterocycles. The van der Waals surface area contributed by atoms with Gasteiger partial charge in [0.25, 0.3) is 0 Å². The van der Waals surface area contributed by atoms with E-state index in [0.717, 1.165) is 80.1 Å². The number of aromatic nitrogens is 4. The average molecular weight is 511 g/mol. The molecule has 5 rings (SSSR count). The van der Waals surface area contributed by atoms with E-state index in [1.807, 2.05) is 59.4 Å². The third kappa shape index (κ3) is 5.72. The summed E-state index contributed by atoms with van der Waals surface area (Å²) >= 11 is 0. The Kier molecular flexibility index (Phi) is 8.31. The van der Waals surface area contributed by atoms with Crippen LogP contribution >= 0.6 is 0 Å². The smallest absolute Gasteiger partial charge is 0.225 e. The number of hydrogen-bond donors (Lipinski definition) is 0. The number of fused-ring (bicyclic) bond motifs is 1. The van der Waals surface area contributed by atoms with Crippen LogP contribution in [0.4, 0.5) is 5.82 Å². The highest BCUT2D eigenvalue weighted by atomic mass is 16.2. The van der Waals surface area contributed by atoms with E-state index in [-0.39, 0.29) is 5.92 Å². The van der Waals surface area contributed by atoms with E-state index < -0.39 is 0 Å². The Bertz CT molecular complexity index is 1340. The van der Waals surface area contributed by atoms with E-state index in [1.165, 1.54) is 5.56 Å². The van der Waals surface area contributed by atoms with Gasteiger partial charge in [-0.3, -0.25) is 4.79 Å². The van der Waals surface area contributed by atoms with Crippen molar-refractivity contribution in [2.75, 3.05) is 31.1 Å². The minimum Gasteiger partial charge on any atom is -0.354 e. The van der Waals surface area contributed by atoms with Crippen LogP contribution in [0.3, 0.4) is 0 Å². The minimum atomic E-state index is 0.133. The predicted molar refractivity (Wildman–Crippen MR) is 153 cm³/mol. The zero-order valence-electron chi connectivity index (χ0n) is 22.6. The second-order valence-corrected chi connectivity index (χ2v) is 10.2. The number of carbonyl (C=O) groups excluding carboxylic acids is 1. The van der Waals surface area contributed by atoms with Crippen LogP contribution in [0.5, 0.6) is 0 Å². The molecule has 1 saturated heterocycles. The van der Waals surface area contributed by atoms with Crippen LogP contribution in [0.1, 0.15) is 57.3 Å². The summed E-state index contributed by atoms with van der Waals surface area (Å²) in [6, 6.07) is 20.5. The van der Waals surface area contributed by atoms with Crippen LogP contribution in [0.2, 0.25) is 0 Å². The van der Waals surface area contributed by atoms with Crippen molar-refractivity contribution in [3.05, 3.63) is 78.2 Å². The van der Waals surface area contributed by atoms with Gasteiger partial charge in [-0.1, -0.05) is 75.2 Å². The van der Waals surface area contributed by atoms with Gasteiger partial charge in [0.05, 0.1) is 17.3 Å². The first-order valence-corrected chi connectivity index (χ1v) is 14.1. The summed E-state index contributed by atoms with van der Waals surface area (Å²) in [7, 11) is 0. The number of hydrogen-bond acceptors (Lipinski definition) is 5. The quantitative estimate of drug-likeness (QED) is 0.291. The van der Waals surface area contributed by atoms with Crippen LogP contribution in [0.25, 0.3) is 16.7 Å². The van der Waals surface area contributed by atoms with Gasteiger partial charge in [-0.25, -0.2) is 14.6 Å². The number of para-hydroxylation sites is 1. The highest BCUT2D eigenvalue weighted by Crippen LogP contribution is 2.28. The highest BCUT2D eigenvalue weighted by molar-refractivity contribution is 5.88. The fourth-order valence-corrected chi connectivity index (χ4v) is 5.35. The van der Waals surface area contributed by atoms with E-state index in [1.54, 1.807) is 0 Å². The third-order valence-corrected chi connectivity index (χ3v) is 7.52. The number of amides is 1. The van der Waals surface area contributed by atoms with Gasteiger partial charge in [-0.05, 0) is 37.0 Å². The minimum absolute atomic E-state index is 0.133. The molecular formula is C31H38N6O. The molecule has 7 nitrogen and oxygen atoms in total. The lowest BCUT2D eigenvalue weighted by Gasteiger charge is -2.26. The molecule has 0 N–H and O–H groups in total. The second kappa shape index (κ2) is 12.2. The van der Waals surface area contributed by atoms with Gasteiger partial charge in [-0.15, -0.1) is 0 Å². The predicted octanol–water partition coefficient (Wildman–Crippen LogP) is 5.66. The summed E-state index contributed by atoms with van der Waals surface area (Å²) in [5, 5.41) is 5.67. The van der Waals surface area contributed by atoms with E-state index in [0.29, 0.717) is 18.9 Å². The normalized spacial score (nSPS) is 15.0. The molecule has 2 aromatic heterocycles. The molecule has 0 aliphatic carbocycles. The van der Waals surface area contributed by atoms with Crippen molar-refractivity contribution >= 4 is 22.8 Å². The summed E-state index contributed by atoms with van der Waals surface area (Å²) < 4.78 is 1.90. The lowest BCUT2D eigenvalue weighted by Crippen LogP contribution is -2.39. The van der Waals surface area contributed by atoms with Gasteiger partial charge in [0.1, 0.15) is 11.6 Å². The second-order valence-electron chi connectivity index (χ2n) is 10.2. The van der Waals surface area contributed by atoms with Gasteiger partial charge in [0.15, 0.2) is 5.65 Å². The molecule has 1 aliphatic rings. The Hall–Kier alpha value is -3.74. The molecule has 0 bridgehead atoms. The maximum Gasteiger partial charge on any atom is 0.225 e. The number of nitrogens with zero attached hydrogens (tertiary/aromatic N) is 6. The van der Waals surface area contributed by atoms with Crippen LogP contribution in [0.15, 0.2) is 66.9 Å². The molecular weight excluding hydrogens is 472 g/mol. The largest absolute Gasteiger partial charge is 0.354 e. The van der Waals surface area contributed by atoms with Gasteiger partial charge >= 0.3 is 0 Å². The van der Waals surface area contributed by atoms with Gasteiger partial charge in [-0.2, -0.15) is 5.10 Å². The van der Waals surface area contributed by atoms with Crippen molar-refractivity contribution in [3.8, 4) is 5.69 Å². The molecule has 1 amide bonds. The van der Waals surface area contributed by atoms with E-state index >= 15 is 0 Å². The first-order valence-electron chi connectivity index (χ1n) is 14.1. The standard InChI is InChI=1S/C31H38N6O/c1-3-5-15-25(4-2)31(38)36-19-12-18-35(20-21-36)29-27-23-32-37(26-16-10-7-11-17-26)30(27)34-28(33-29)22-24-13-8-6-9-14-24/h6-11,13-14,16-17,23,25H,3-5,12,15,18-22H2,1-2H3/t25-/m1/s1. The fourth-order valence-electron chi connectivity index (χ4n) is 5.35.